The van der Waals surface area contributed by atoms with Gasteiger partial charge in [0.15, 0.2) is 0 Å². The molecule has 0 aliphatic heterocycles. The van der Waals surface area contributed by atoms with E-state index in [1.807, 2.05) is 38.1 Å². The molecule has 200 valence electrons. The number of carbonyl (C=O) groups is 1. The third kappa shape index (κ3) is 6.99. The van der Waals surface area contributed by atoms with Crippen molar-refractivity contribution in [2.75, 3.05) is 31.3 Å². The van der Waals surface area contributed by atoms with Crippen LogP contribution in [0.25, 0.3) is 10.9 Å². The molecule has 0 aliphatic carbocycles. The smallest absolute Gasteiger partial charge is 0.224 e. The highest BCUT2D eigenvalue weighted by Gasteiger charge is 2.15. The van der Waals surface area contributed by atoms with Gasteiger partial charge in [-0.15, -0.1) is 0 Å². The van der Waals surface area contributed by atoms with Gasteiger partial charge in [-0.05, 0) is 82.0 Å². The predicted molar refractivity (Wildman–Crippen MR) is 151 cm³/mol. The summed E-state index contributed by atoms with van der Waals surface area (Å²) in [5, 5.41) is 17.0. The van der Waals surface area contributed by atoms with Gasteiger partial charge in [0, 0.05) is 35.6 Å². The molecule has 0 bridgehead atoms. The van der Waals surface area contributed by atoms with Crippen molar-refractivity contribution >= 4 is 45.5 Å². The lowest BCUT2D eigenvalue weighted by Gasteiger charge is -2.16. The molecule has 0 saturated heterocycles. The van der Waals surface area contributed by atoms with E-state index in [1.165, 1.54) is 24.5 Å². The minimum Gasteiger partial charge on any atom is -0.486 e. The number of halogens is 2. The number of fused-ring (bicyclic) bond motifs is 1. The number of pyridine rings is 2. The number of nitriles is 1. The van der Waals surface area contributed by atoms with Gasteiger partial charge in [0.2, 0.25) is 5.91 Å². The molecular weight excluding hydrogens is 519 g/mol. The first-order valence-electron chi connectivity index (χ1n) is 12.3. The van der Waals surface area contributed by atoms with Crippen molar-refractivity contribution in [3.63, 3.8) is 0 Å². The number of anilines is 3. The standard InChI is InChI=1S/C29H28ClFN6O2/c1-18-12-25-21(14-24(18)36-28(38)7-5-11-37(2)3)29(19(15-32)16-34-25)35-20-8-9-27(22(30)13-20)39-17-26-23(31)6-4-10-33-26/h4,6,8-10,12-14,16H,5,7,11,17H2,1-3H3,(H,34,35)(H,36,38). The van der Waals surface area contributed by atoms with E-state index in [1.54, 1.807) is 18.2 Å². The first-order chi connectivity index (χ1) is 18.7. The van der Waals surface area contributed by atoms with Crippen molar-refractivity contribution in [3.8, 4) is 11.8 Å². The maximum Gasteiger partial charge on any atom is 0.224 e. The zero-order chi connectivity index (χ0) is 27.9. The molecule has 0 unspecified atom stereocenters. The van der Waals surface area contributed by atoms with Crippen LogP contribution in [-0.4, -0.2) is 41.4 Å². The number of nitrogens with zero attached hydrogens (tertiary/aromatic N) is 4. The number of nitrogens with one attached hydrogen (secondary N) is 2. The van der Waals surface area contributed by atoms with Gasteiger partial charge in [0.25, 0.3) is 0 Å². The molecule has 1 amide bonds. The Morgan fingerprint density at radius 1 is 1.21 bits per heavy atom. The third-order valence-electron chi connectivity index (χ3n) is 6.02. The van der Waals surface area contributed by atoms with Crippen LogP contribution in [0.1, 0.15) is 29.7 Å². The summed E-state index contributed by atoms with van der Waals surface area (Å²) >= 11 is 6.45. The van der Waals surface area contributed by atoms with Crippen LogP contribution >= 0.6 is 11.6 Å². The van der Waals surface area contributed by atoms with E-state index in [2.05, 4.69) is 26.7 Å². The Hall–Kier alpha value is -4.26. The monoisotopic (exact) mass is 546 g/mol. The largest absolute Gasteiger partial charge is 0.486 e. The highest BCUT2D eigenvalue weighted by molar-refractivity contribution is 6.32. The molecule has 0 saturated carbocycles. The Balaban J connectivity index is 1.58. The first kappa shape index (κ1) is 27.8. The summed E-state index contributed by atoms with van der Waals surface area (Å²) in [6, 6.07) is 13.7. The molecule has 39 heavy (non-hydrogen) atoms. The van der Waals surface area contributed by atoms with Crippen LogP contribution in [0.4, 0.5) is 21.5 Å². The lowest BCUT2D eigenvalue weighted by Crippen LogP contribution is -2.17. The molecule has 0 aliphatic rings. The Labute approximate surface area is 231 Å². The van der Waals surface area contributed by atoms with Gasteiger partial charge in [-0.2, -0.15) is 5.26 Å². The van der Waals surface area contributed by atoms with Gasteiger partial charge >= 0.3 is 0 Å². The van der Waals surface area contributed by atoms with Gasteiger partial charge in [-0.1, -0.05) is 11.6 Å². The van der Waals surface area contributed by atoms with E-state index in [-0.39, 0.29) is 18.2 Å². The fraction of sp³-hybridized carbons (Fsp3) is 0.241. The van der Waals surface area contributed by atoms with Crippen LogP contribution in [0.15, 0.2) is 54.9 Å². The summed E-state index contributed by atoms with van der Waals surface area (Å²) in [6.45, 7) is 2.65. The summed E-state index contributed by atoms with van der Waals surface area (Å²) in [7, 11) is 3.94. The minimum absolute atomic E-state index is 0.0737. The van der Waals surface area contributed by atoms with Crippen molar-refractivity contribution in [2.24, 2.45) is 0 Å². The molecule has 2 N–H and O–H groups in total. The lowest BCUT2D eigenvalue weighted by atomic mass is 10.0. The number of ether oxygens (including phenoxy) is 1. The number of hydrogen-bond donors (Lipinski definition) is 2. The van der Waals surface area contributed by atoms with Crippen LogP contribution in [0.3, 0.4) is 0 Å². The third-order valence-corrected chi connectivity index (χ3v) is 6.31. The van der Waals surface area contributed by atoms with E-state index in [0.717, 1.165) is 18.5 Å². The van der Waals surface area contributed by atoms with Gasteiger partial charge in [0.05, 0.1) is 21.8 Å². The number of amides is 1. The zero-order valence-electron chi connectivity index (χ0n) is 21.9. The number of aryl methyl sites for hydroxylation is 1. The van der Waals surface area contributed by atoms with Crippen LogP contribution in [0.5, 0.6) is 5.75 Å². The van der Waals surface area contributed by atoms with Crippen molar-refractivity contribution in [1.82, 2.24) is 14.9 Å². The summed E-state index contributed by atoms with van der Waals surface area (Å²) in [6.07, 6.45) is 4.14. The minimum atomic E-state index is -0.458. The molecule has 0 spiro atoms. The Morgan fingerprint density at radius 3 is 2.74 bits per heavy atom. The van der Waals surface area contributed by atoms with Gasteiger partial charge in [-0.25, -0.2) is 4.39 Å². The van der Waals surface area contributed by atoms with Crippen molar-refractivity contribution < 1.29 is 13.9 Å². The first-order valence-corrected chi connectivity index (χ1v) is 12.7. The fourth-order valence-electron chi connectivity index (χ4n) is 3.98. The average Bonchev–Trinajstić information content (AvgIpc) is 2.89. The van der Waals surface area contributed by atoms with Crippen molar-refractivity contribution in [1.29, 1.82) is 5.26 Å². The number of aromatic nitrogens is 2. The topological polar surface area (TPSA) is 103 Å². The van der Waals surface area contributed by atoms with E-state index in [0.29, 0.717) is 50.7 Å². The second-order valence-corrected chi connectivity index (χ2v) is 9.70. The maximum atomic E-state index is 13.9. The van der Waals surface area contributed by atoms with Crippen molar-refractivity contribution in [2.45, 2.75) is 26.4 Å². The van der Waals surface area contributed by atoms with E-state index in [9.17, 15) is 14.4 Å². The second kappa shape index (κ2) is 12.5. The molecule has 2 aromatic heterocycles. The molecular formula is C29H28ClFN6O2. The Bertz CT molecular complexity index is 1550. The molecule has 10 heteroatoms. The number of carbonyl (C=O) groups excluding carboxylic acids is 1. The van der Waals surface area contributed by atoms with Crippen LogP contribution < -0.4 is 15.4 Å². The lowest BCUT2D eigenvalue weighted by molar-refractivity contribution is -0.116. The Kier molecular flexibility index (Phi) is 8.92. The summed E-state index contributed by atoms with van der Waals surface area (Å²) in [4.78, 5) is 23.0. The van der Waals surface area contributed by atoms with Crippen LogP contribution in [0.2, 0.25) is 5.02 Å². The highest BCUT2D eigenvalue weighted by Crippen LogP contribution is 2.35. The quantitative estimate of drug-likeness (QED) is 0.244. The molecule has 4 rings (SSSR count). The number of hydrogen-bond acceptors (Lipinski definition) is 7. The molecule has 0 atom stereocenters. The molecule has 8 nitrogen and oxygen atoms in total. The summed E-state index contributed by atoms with van der Waals surface area (Å²) in [5.74, 6) is -0.173. The molecule has 2 aromatic carbocycles. The molecule has 0 radical (unpaired) electrons. The van der Waals surface area contributed by atoms with Gasteiger partial charge in [-0.3, -0.25) is 14.8 Å². The van der Waals surface area contributed by atoms with Gasteiger partial charge < -0.3 is 20.3 Å². The van der Waals surface area contributed by atoms with Crippen LogP contribution in [-0.2, 0) is 11.4 Å². The maximum absolute atomic E-state index is 13.9. The number of rotatable bonds is 10. The molecule has 4 aromatic rings. The van der Waals surface area contributed by atoms with Gasteiger partial charge in [0.1, 0.15) is 29.9 Å². The summed E-state index contributed by atoms with van der Waals surface area (Å²) < 4.78 is 19.5. The predicted octanol–water partition coefficient (Wildman–Crippen LogP) is 6.21. The van der Waals surface area contributed by atoms with E-state index in [4.69, 9.17) is 16.3 Å². The molecule has 2 heterocycles. The normalized spacial score (nSPS) is 10.9. The second-order valence-electron chi connectivity index (χ2n) is 9.29. The SMILES string of the molecule is Cc1cc2ncc(C#N)c(Nc3ccc(OCc4ncccc4F)c(Cl)c3)c2cc1NC(=O)CCCN(C)C. The average molecular weight is 547 g/mol. The number of benzene rings is 2. The molecule has 0 fully saturated rings. The van der Waals surface area contributed by atoms with E-state index >= 15 is 0 Å². The van der Waals surface area contributed by atoms with Crippen molar-refractivity contribution in [3.05, 3.63) is 82.5 Å². The van der Waals surface area contributed by atoms with Crippen LogP contribution in [0, 0.1) is 24.1 Å². The van der Waals surface area contributed by atoms with E-state index < -0.39 is 5.82 Å². The fourth-order valence-corrected chi connectivity index (χ4v) is 4.21. The Morgan fingerprint density at radius 2 is 2.03 bits per heavy atom. The highest BCUT2D eigenvalue weighted by atomic mass is 35.5. The zero-order valence-corrected chi connectivity index (χ0v) is 22.6. The summed E-state index contributed by atoms with van der Waals surface area (Å²) in [5.41, 5.74) is 3.83.